The van der Waals surface area contributed by atoms with Gasteiger partial charge in [-0.2, -0.15) is 0 Å². The molecule has 1 amide bonds. The van der Waals surface area contributed by atoms with E-state index < -0.39 is 0 Å². The molecule has 1 heterocycles. The highest BCUT2D eigenvalue weighted by Crippen LogP contribution is 2.18. The Balaban J connectivity index is 1.71. The first kappa shape index (κ1) is 13.4. The van der Waals surface area contributed by atoms with E-state index in [1.165, 1.54) is 4.90 Å². The molecule has 1 aromatic carbocycles. The summed E-state index contributed by atoms with van der Waals surface area (Å²) < 4.78 is 5.43. The van der Waals surface area contributed by atoms with E-state index in [0.29, 0.717) is 13.0 Å². The summed E-state index contributed by atoms with van der Waals surface area (Å²) in [6.07, 6.45) is 0.774. The summed E-state index contributed by atoms with van der Waals surface area (Å²) in [5.41, 5.74) is 0. The van der Waals surface area contributed by atoms with Crippen molar-refractivity contribution in [2.24, 2.45) is 0 Å². The molecule has 0 saturated carbocycles. The van der Waals surface area contributed by atoms with Crippen LogP contribution in [0.4, 0.5) is 0 Å². The molecule has 1 aliphatic heterocycles. The minimum absolute atomic E-state index is 0.171. The van der Waals surface area contributed by atoms with E-state index in [0.717, 1.165) is 18.8 Å². The fraction of sp³-hybridized carbons (Fsp3) is 0.500. The van der Waals surface area contributed by atoms with Crippen LogP contribution in [0.5, 0.6) is 0 Å². The van der Waals surface area contributed by atoms with Gasteiger partial charge in [-0.15, -0.1) is 11.8 Å². The minimum Gasteiger partial charge on any atom is -0.375 e. The lowest BCUT2D eigenvalue weighted by atomic mass is 10.3. The fourth-order valence-corrected chi connectivity index (χ4v) is 2.84. The van der Waals surface area contributed by atoms with Gasteiger partial charge in [-0.3, -0.25) is 4.79 Å². The van der Waals surface area contributed by atoms with Gasteiger partial charge in [0.05, 0.1) is 12.7 Å². The number of rotatable bonds is 4. The van der Waals surface area contributed by atoms with Gasteiger partial charge in [0, 0.05) is 30.2 Å². The minimum atomic E-state index is 0.171. The summed E-state index contributed by atoms with van der Waals surface area (Å²) in [5, 5.41) is 0. The number of morpholine rings is 1. The third-order valence-corrected chi connectivity index (χ3v) is 3.94. The SMILES string of the molecule is CC1CN(C(=O)CCSc2ccccc2)CCO1. The zero-order chi connectivity index (χ0) is 12.8. The zero-order valence-electron chi connectivity index (χ0n) is 10.7. The second-order valence-corrected chi connectivity index (χ2v) is 5.60. The van der Waals surface area contributed by atoms with Crippen molar-refractivity contribution in [3.8, 4) is 0 Å². The molecule has 1 aromatic rings. The molecule has 0 aliphatic carbocycles. The van der Waals surface area contributed by atoms with Crippen molar-refractivity contribution in [3.05, 3.63) is 30.3 Å². The van der Waals surface area contributed by atoms with Crippen molar-refractivity contribution >= 4 is 17.7 Å². The van der Waals surface area contributed by atoms with Gasteiger partial charge in [-0.05, 0) is 19.1 Å². The summed E-state index contributed by atoms with van der Waals surface area (Å²) in [6.45, 7) is 4.14. The fourth-order valence-electron chi connectivity index (χ4n) is 1.98. The highest BCUT2D eigenvalue weighted by atomic mass is 32.2. The van der Waals surface area contributed by atoms with E-state index in [2.05, 4.69) is 12.1 Å². The van der Waals surface area contributed by atoms with Gasteiger partial charge in [-0.1, -0.05) is 18.2 Å². The molecular weight excluding hydrogens is 246 g/mol. The lowest BCUT2D eigenvalue weighted by molar-refractivity contribution is -0.137. The Morgan fingerprint density at radius 2 is 2.22 bits per heavy atom. The maximum atomic E-state index is 12.0. The largest absolute Gasteiger partial charge is 0.375 e. The van der Waals surface area contributed by atoms with E-state index in [1.54, 1.807) is 11.8 Å². The average Bonchev–Trinajstić information content (AvgIpc) is 2.40. The second-order valence-electron chi connectivity index (χ2n) is 4.43. The Morgan fingerprint density at radius 3 is 2.94 bits per heavy atom. The van der Waals surface area contributed by atoms with E-state index in [9.17, 15) is 4.79 Å². The van der Waals surface area contributed by atoms with Crippen molar-refractivity contribution in [1.82, 2.24) is 4.90 Å². The molecular formula is C14H19NO2S. The summed E-state index contributed by atoms with van der Waals surface area (Å²) in [6, 6.07) is 10.2. The average molecular weight is 265 g/mol. The van der Waals surface area contributed by atoms with Crippen LogP contribution >= 0.6 is 11.8 Å². The Hall–Kier alpha value is -1.00. The monoisotopic (exact) mass is 265 g/mol. The lowest BCUT2D eigenvalue weighted by Gasteiger charge is -2.31. The van der Waals surface area contributed by atoms with Crippen LogP contribution in [0.15, 0.2) is 35.2 Å². The summed E-state index contributed by atoms with van der Waals surface area (Å²) in [5.74, 6) is 1.09. The molecule has 98 valence electrons. The number of benzene rings is 1. The van der Waals surface area contributed by atoms with Crippen molar-refractivity contribution in [3.63, 3.8) is 0 Å². The first-order valence-electron chi connectivity index (χ1n) is 6.33. The molecule has 0 spiro atoms. The van der Waals surface area contributed by atoms with Crippen LogP contribution in [0.2, 0.25) is 0 Å². The standard InChI is InChI=1S/C14H19NO2S/c1-12-11-15(8-9-17-12)14(16)7-10-18-13-5-3-2-4-6-13/h2-6,12H,7-11H2,1H3. The Labute approximate surface area is 113 Å². The summed E-state index contributed by atoms with van der Waals surface area (Å²) in [7, 11) is 0. The summed E-state index contributed by atoms with van der Waals surface area (Å²) in [4.78, 5) is 15.1. The number of thioether (sulfide) groups is 1. The van der Waals surface area contributed by atoms with Crippen LogP contribution in [0.1, 0.15) is 13.3 Å². The molecule has 1 atom stereocenters. The molecule has 2 rings (SSSR count). The van der Waals surface area contributed by atoms with Crippen LogP contribution in [-0.4, -0.2) is 42.4 Å². The molecule has 0 aromatic heterocycles. The molecule has 0 radical (unpaired) electrons. The van der Waals surface area contributed by atoms with Crippen molar-refractivity contribution in [2.75, 3.05) is 25.4 Å². The van der Waals surface area contributed by atoms with Crippen LogP contribution in [0, 0.1) is 0 Å². The third-order valence-electron chi connectivity index (χ3n) is 2.92. The number of hydrogen-bond acceptors (Lipinski definition) is 3. The Morgan fingerprint density at radius 1 is 1.44 bits per heavy atom. The molecule has 1 saturated heterocycles. The first-order valence-corrected chi connectivity index (χ1v) is 7.31. The van der Waals surface area contributed by atoms with Gasteiger partial charge in [-0.25, -0.2) is 0 Å². The number of carbonyl (C=O) groups excluding carboxylic acids is 1. The van der Waals surface area contributed by atoms with Gasteiger partial charge in [0.2, 0.25) is 5.91 Å². The van der Waals surface area contributed by atoms with Gasteiger partial charge in [0.25, 0.3) is 0 Å². The number of ether oxygens (including phenoxy) is 1. The molecule has 18 heavy (non-hydrogen) atoms. The molecule has 1 aliphatic rings. The van der Waals surface area contributed by atoms with Gasteiger partial charge < -0.3 is 9.64 Å². The first-order chi connectivity index (χ1) is 8.75. The van der Waals surface area contributed by atoms with Crippen LogP contribution < -0.4 is 0 Å². The molecule has 0 bridgehead atoms. The topological polar surface area (TPSA) is 29.5 Å². The number of amides is 1. The van der Waals surface area contributed by atoms with Crippen LogP contribution in [0.25, 0.3) is 0 Å². The quantitative estimate of drug-likeness (QED) is 0.783. The highest BCUT2D eigenvalue weighted by molar-refractivity contribution is 7.99. The molecule has 0 N–H and O–H groups in total. The third kappa shape index (κ3) is 4.03. The van der Waals surface area contributed by atoms with Crippen molar-refractivity contribution in [1.29, 1.82) is 0 Å². The maximum Gasteiger partial charge on any atom is 0.223 e. The smallest absolute Gasteiger partial charge is 0.223 e. The van der Waals surface area contributed by atoms with Crippen LogP contribution in [0.3, 0.4) is 0 Å². The predicted octanol–water partition coefficient (Wildman–Crippen LogP) is 2.42. The highest BCUT2D eigenvalue weighted by Gasteiger charge is 2.20. The molecule has 1 fully saturated rings. The van der Waals surface area contributed by atoms with E-state index in [-0.39, 0.29) is 12.0 Å². The van der Waals surface area contributed by atoms with E-state index >= 15 is 0 Å². The van der Waals surface area contributed by atoms with Gasteiger partial charge in [0.1, 0.15) is 0 Å². The Kier molecular flexibility index (Phi) is 5.08. The summed E-state index contributed by atoms with van der Waals surface area (Å²) >= 11 is 1.73. The van der Waals surface area contributed by atoms with Crippen molar-refractivity contribution in [2.45, 2.75) is 24.3 Å². The normalized spacial score (nSPS) is 19.8. The van der Waals surface area contributed by atoms with Gasteiger partial charge >= 0.3 is 0 Å². The molecule has 3 nitrogen and oxygen atoms in total. The van der Waals surface area contributed by atoms with Crippen LogP contribution in [-0.2, 0) is 9.53 Å². The Bertz CT molecular complexity index is 383. The lowest BCUT2D eigenvalue weighted by Crippen LogP contribution is -2.44. The number of nitrogens with zero attached hydrogens (tertiary/aromatic N) is 1. The predicted molar refractivity (Wildman–Crippen MR) is 73.8 cm³/mol. The molecule has 1 unspecified atom stereocenters. The number of carbonyl (C=O) groups is 1. The number of hydrogen-bond donors (Lipinski definition) is 0. The van der Waals surface area contributed by atoms with E-state index in [4.69, 9.17) is 4.74 Å². The van der Waals surface area contributed by atoms with Crippen molar-refractivity contribution < 1.29 is 9.53 Å². The maximum absolute atomic E-state index is 12.0. The van der Waals surface area contributed by atoms with E-state index in [1.807, 2.05) is 30.0 Å². The zero-order valence-corrected chi connectivity index (χ0v) is 11.5. The second kappa shape index (κ2) is 6.81. The van der Waals surface area contributed by atoms with Gasteiger partial charge in [0.15, 0.2) is 0 Å². The molecule has 4 heteroatoms.